The molecule has 1 aliphatic carbocycles. The molecule has 0 radical (unpaired) electrons. The average molecular weight is 436 g/mol. The molecule has 2 N–H and O–H groups in total. The van der Waals surface area contributed by atoms with Crippen molar-refractivity contribution in [2.75, 3.05) is 32.6 Å². The number of hydrogen-bond donors (Lipinski definition) is 2. The Kier molecular flexibility index (Phi) is 7.48. The Hall–Kier alpha value is -2.41. The molecule has 1 aliphatic heterocycles. The first-order chi connectivity index (χ1) is 14.5. The summed E-state index contributed by atoms with van der Waals surface area (Å²) in [7, 11) is -3.46. The number of carbonyl (C=O) groups is 2. The molecule has 0 aromatic heterocycles. The van der Waals surface area contributed by atoms with Crippen LogP contribution in [0.5, 0.6) is 5.75 Å². The maximum atomic E-state index is 14.0. The third-order valence-electron chi connectivity index (χ3n) is 5.00. The predicted octanol–water partition coefficient (Wildman–Crippen LogP) is 2.01. The lowest BCUT2D eigenvalue weighted by atomic mass is 9.91. The third-order valence-corrected chi connectivity index (χ3v) is 7.86. The van der Waals surface area contributed by atoms with E-state index in [9.17, 15) is 14.2 Å². The summed E-state index contributed by atoms with van der Waals surface area (Å²) in [6.07, 6.45) is 6.86. The Balaban J connectivity index is 1.87. The second-order valence-corrected chi connectivity index (χ2v) is 9.66. The molecule has 4 unspecified atom stereocenters. The van der Waals surface area contributed by atoms with Crippen molar-refractivity contribution in [1.82, 2.24) is 0 Å². The fraction of sp³-hybridized carbons (Fsp3) is 0.429. The number of fused-ring (bicyclic) bond motifs is 3. The number of hydrogen-bond acceptors (Lipinski definition) is 8. The second-order valence-electron chi connectivity index (χ2n) is 7.06. The Morgan fingerprint density at radius 3 is 2.53 bits per heavy atom. The molecule has 1 heterocycles. The number of esters is 2. The van der Waals surface area contributed by atoms with Gasteiger partial charge in [-0.2, -0.15) is 0 Å². The molecule has 162 valence electrons. The minimum atomic E-state index is -3.46. The fourth-order valence-electron chi connectivity index (χ4n) is 3.70. The van der Waals surface area contributed by atoms with Crippen molar-refractivity contribution < 1.29 is 38.4 Å². The molecule has 1 aromatic carbocycles. The summed E-state index contributed by atoms with van der Waals surface area (Å²) >= 11 is 0. The van der Waals surface area contributed by atoms with Gasteiger partial charge in [0.1, 0.15) is 19.0 Å². The molecule has 8 nitrogen and oxygen atoms in total. The van der Waals surface area contributed by atoms with Gasteiger partial charge >= 0.3 is 11.9 Å². The van der Waals surface area contributed by atoms with Gasteiger partial charge in [0.25, 0.3) is 7.37 Å². The van der Waals surface area contributed by atoms with Crippen molar-refractivity contribution in [2.24, 2.45) is 5.92 Å². The molecule has 0 spiro atoms. The number of ether oxygens (including phenoxy) is 2. The normalized spacial score (nSPS) is 24.9. The van der Waals surface area contributed by atoms with Gasteiger partial charge in [-0.05, 0) is 6.07 Å². The SMILES string of the molecule is O=C(CC(CP1(=O)Oc2ccccc2C2C=CC=CC21)C(=O)OCCO)OCCO. The number of aliphatic hydroxyl groups excluding tert-OH is 2. The van der Waals surface area contributed by atoms with Crippen molar-refractivity contribution in [3.63, 3.8) is 0 Å². The first kappa shape index (κ1) is 22.3. The van der Waals surface area contributed by atoms with E-state index in [4.69, 9.17) is 24.2 Å². The Morgan fingerprint density at radius 2 is 1.77 bits per heavy atom. The zero-order valence-corrected chi connectivity index (χ0v) is 17.3. The van der Waals surface area contributed by atoms with Crippen molar-refractivity contribution in [2.45, 2.75) is 18.0 Å². The van der Waals surface area contributed by atoms with Crippen LogP contribution in [0.1, 0.15) is 17.9 Å². The lowest BCUT2D eigenvalue weighted by Gasteiger charge is -2.38. The van der Waals surface area contributed by atoms with Gasteiger partial charge in [-0.15, -0.1) is 0 Å². The number of benzene rings is 1. The van der Waals surface area contributed by atoms with E-state index in [0.29, 0.717) is 5.75 Å². The topological polar surface area (TPSA) is 119 Å². The molecule has 1 aromatic rings. The van der Waals surface area contributed by atoms with Crippen LogP contribution >= 0.6 is 7.37 Å². The van der Waals surface area contributed by atoms with E-state index in [0.717, 1.165) is 5.56 Å². The Labute approximate surface area is 174 Å². The van der Waals surface area contributed by atoms with Crippen LogP contribution in [0.25, 0.3) is 0 Å². The number of carbonyl (C=O) groups excluding carboxylic acids is 2. The largest absolute Gasteiger partial charge is 0.463 e. The summed E-state index contributed by atoms with van der Waals surface area (Å²) in [5.41, 5.74) is 0.440. The summed E-state index contributed by atoms with van der Waals surface area (Å²) < 4.78 is 29.8. The van der Waals surface area contributed by atoms with Crippen LogP contribution in [0.4, 0.5) is 0 Å². The molecular weight excluding hydrogens is 411 g/mol. The average Bonchev–Trinajstić information content (AvgIpc) is 2.75. The van der Waals surface area contributed by atoms with Crippen LogP contribution in [-0.4, -0.2) is 60.4 Å². The molecule has 0 saturated heterocycles. The number of allylic oxidation sites excluding steroid dienone is 4. The molecule has 0 amide bonds. The quantitative estimate of drug-likeness (QED) is 0.446. The molecule has 3 rings (SSSR count). The van der Waals surface area contributed by atoms with Crippen LogP contribution in [0.15, 0.2) is 48.6 Å². The molecule has 0 fully saturated rings. The Morgan fingerprint density at radius 1 is 1.07 bits per heavy atom. The van der Waals surface area contributed by atoms with Crippen LogP contribution in [0.3, 0.4) is 0 Å². The van der Waals surface area contributed by atoms with Gasteiger partial charge in [0.05, 0.1) is 31.2 Å². The summed E-state index contributed by atoms with van der Waals surface area (Å²) in [6, 6.07) is 7.32. The molecule has 2 aliphatic rings. The van der Waals surface area contributed by atoms with Gasteiger partial charge in [-0.1, -0.05) is 42.5 Å². The summed E-state index contributed by atoms with van der Waals surface area (Å²) in [6.45, 7) is -1.14. The number of aliphatic hydroxyl groups is 2. The van der Waals surface area contributed by atoms with E-state index in [1.807, 2.05) is 30.4 Å². The van der Waals surface area contributed by atoms with E-state index in [1.54, 1.807) is 18.2 Å². The molecule has 30 heavy (non-hydrogen) atoms. The predicted molar refractivity (Wildman–Crippen MR) is 109 cm³/mol. The highest BCUT2D eigenvalue weighted by Gasteiger charge is 2.47. The fourth-order valence-corrected chi connectivity index (χ4v) is 6.64. The number of para-hydroxylation sites is 1. The van der Waals surface area contributed by atoms with Crippen LogP contribution in [0.2, 0.25) is 0 Å². The zero-order valence-electron chi connectivity index (χ0n) is 16.4. The van der Waals surface area contributed by atoms with Gasteiger partial charge < -0.3 is 24.2 Å². The monoisotopic (exact) mass is 436 g/mol. The minimum absolute atomic E-state index is 0.166. The van der Waals surface area contributed by atoms with Crippen LogP contribution in [0, 0.1) is 5.92 Å². The van der Waals surface area contributed by atoms with Gasteiger partial charge in [0.15, 0.2) is 0 Å². The highest BCUT2D eigenvalue weighted by atomic mass is 31.2. The standard InChI is InChI=1S/C21H25O8P/c22-9-11-27-20(24)13-15(21(25)28-12-10-23)14-30(26)19-8-4-2-6-17(19)16-5-1-3-7-18(16)29-30/h1-8,15,17,19,22-23H,9-14H2. The lowest BCUT2D eigenvalue weighted by Crippen LogP contribution is -2.32. The molecule has 4 atom stereocenters. The van der Waals surface area contributed by atoms with E-state index >= 15 is 0 Å². The van der Waals surface area contributed by atoms with Gasteiger partial charge in [-0.3, -0.25) is 14.2 Å². The van der Waals surface area contributed by atoms with Crippen molar-refractivity contribution in [1.29, 1.82) is 0 Å². The smallest absolute Gasteiger partial charge is 0.310 e. The van der Waals surface area contributed by atoms with Crippen molar-refractivity contribution >= 4 is 19.3 Å². The van der Waals surface area contributed by atoms with Crippen LogP contribution < -0.4 is 4.52 Å². The molecule has 0 bridgehead atoms. The maximum Gasteiger partial charge on any atom is 0.310 e. The van der Waals surface area contributed by atoms with Crippen LogP contribution in [-0.2, 0) is 23.6 Å². The third kappa shape index (κ3) is 5.01. The molecule has 9 heteroatoms. The minimum Gasteiger partial charge on any atom is -0.463 e. The molecular formula is C21H25O8P. The summed E-state index contributed by atoms with van der Waals surface area (Å²) in [5, 5.41) is 17.8. The van der Waals surface area contributed by atoms with Gasteiger partial charge in [0, 0.05) is 17.6 Å². The molecule has 0 saturated carbocycles. The van der Waals surface area contributed by atoms with Crippen molar-refractivity contribution in [3.8, 4) is 5.75 Å². The maximum absolute atomic E-state index is 14.0. The van der Waals surface area contributed by atoms with Gasteiger partial charge in [0.2, 0.25) is 0 Å². The van der Waals surface area contributed by atoms with E-state index in [1.165, 1.54) is 0 Å². The lowest BCUT2D eigenvalue weighted by molar-refractivity contribution is -0.155. The van der Waals surface area contributed by atoms with Crippen molar-refractivity contribution in [3.05, 3.63) is 54.1 Å². The van der Waals surface area contributed by atoms with E-state index in [2.05, 4.69) is 0 Å². The van der Waals surface area contributed by atoms with E-state index < -0.39 is 30.9 Å². The Bertz CT molecular complexity index is 878. The highest BCUT2D eigenvalue weighted by molar-refractivity contribution is 7.60. The highest BCUT2D eigenvalue weighted by Crippen LogP contribution is 2.63. The second kappa shape index (κ2) is 10.1. The first-order valence-corrected chi connectivity index (χ1v) is 11.6. The van der Waals surface area contributed by atoms with E-state index in [-0.39, 0.29) is 44.9 Å². The zero-order chi connectivity index (χ0) is 21.6. The first-order valence-electron chi connectivity index (χ1n) is 9.74. The summed E-state index contributed by atoms with van der Waals surface area (Å²) in [4.78, 5) is 24.6. The summed E-state index contributed by atoms with van der Waals surface area (Å²) in [5.74, 6) is -2.21. The number of rotatable bonds is 9. The van der Waals surface area contributed by atoms with Gasteiger partial charge in [-0.25, -0.2) is 0 Å².